The molecule has 0 radical (unpaired) electrons. The fraction of sp³-hybridized carbons (Fsp3) is 0.391. The Morgan fingerprint density at radius 3 is 2.50 bits per heavy atom. The van der Waals surface area contributed by atoms with Crippen LogP contribution in [-0.2, 0) is 0 Å². The summed E-state index contributed by atoms with van der Waals surface area (Å²) in [6.45, 7) is 4.67. The number of anilines is 2. The van der Waals surface area contributed by atoms with Crippen molar-refractivity contribution >= 4 is 11.9 Å². The Hall–Kier alpha value is -3.46. The molecule has 32 heavy (non-hydrogen) atoms. The summed E-state index contributed by atoms with van der Waals surface area (Å²) in [6.07, 6.45) is 3.51. The van der Waals surface area contributed by atoms with Gasteiger partial charge in [-0.25, -0.2) is 15.0 Å². The molecule has 166 valence electrons. The molecular formula is C23H27N7O2. The van der Waals surface area contributed by atoms with E-state index in [0.717, 1.165) is 56.7 Å². The SMILES string of the molecule is COc1cccc([C@@H]2CNC[C@H]2c2cc(=O)[nH]c(N3CCN(c4ncccn4)CC3)n2)c1. The monoisotopic (exact) mass is 433 g/mol. The molecule has 0 unspecified atom stereocenters. The number of methoxy groups -OCH3 is 1. The number of nitrogens with zero attached hydrogens (tertiary/aromatic N) is 5. The van der Waals surface area contributed by atoms with Crippen LogP contribution in [-0.4, -0.2) is 66.3 Å². The number of hydrogen-bond donors (Lipinski definition) is 2. The van der Waals surface area contributed by atoms with E-state index in [1.807, 2.05) is 18.2 Å². The Kier molecular flexibility index (Phi) is 5.72. The third-order valence-electron chi connectivity index (χ3n) is 6.28. The van der Waals surface area contributed by atoms with Crippen LogP contribution in [0.15, 0.2) is 53.6 Å². The lowest BCUT2D eigenvalue weighted by atomic mass is 9.86. The van der Waals surface area contributed by atoms with Crippen molar-refractivity contribution in [1.29, 1.82) is 0 Å². The van der Waals surface area contributed by atoms with Gasteiger partial charge in [0.2, 0.25) is 11.9 Å². The fourth-order valence-corrected chi connectivity index (χ4v) is 4.59. The fourth-order valence-electron chi connectivity index (χ4n) is 4.59. The highest BCUT2D eigenvalue weighted by molar-refractivity contribution is 5.39. The van der Waals surface area contributed by atoms with E-state index in [4.69, 9.17) is 9.72 Å². The third-order valence-corrected chi connectivity index (χ3v) is 6.28. The first-order valence-electron chi connectivity index (χ1n) is 10.9. The molecule has 2 aliphatic rings. The highest BCUT2D eigenvalue weighted by atomic mass is 16.5. The number of aromatic amines is 1. The molecule has 5 rings (SSSR count). The predicted molar refractivity (Wildman–Crippen MR) is 123 cm³/mol. The molecule has 9 nitrogen and oxygen atoms in total. The van der Waals surface area contributed by atoms with Gasteiger partial charge in [0.05, 0.1) is 12.8 Å². The van der Waals surface area contributed by atoms with Crippen molar-refractivity contribution in [2.24, 2.45) is 0 Å². The quantitative estimate of drug-likeness (QED) is 0.622. The molecule has 2 aliphatic heterocycles. The number of aromatic nitrogens is 4. The first kappa shape index (κ1) is 20.4. The number of rotatable bonds is 5. The summed E-state index contributed by atoms with van der Waals surface area (Å²) in [5.74, 6) is 2.58. The molecule has 2 saturated heterocycles. The number of benzene rings is 1. The molecule has 2 N–H and O–H groups in total. The molecule has 2 aromatic heterocycles. The summed E-state index contributed by atoms with van der Waals surface area (Å²) in [4.78, 5) is 33.3. The van der Waals surface area contributed by atoms with E-state index in [1.165, 1.54) is 5.56 Å². The van der Waals surface area contributed by atoms with Gasteiger partial charge in [0.1, 0.15) is 5.75 Å². The predicted octanol–water partition coefficient (Wildman–Crippen LogP) is 1.37. The zero-order chi connectivity index (χ0) is 21.9. The van der Waals surface area contributed by atoms with Crippen molar-refractivity contribution in [3.63, 3.8) is 0 Å². The summed E-state index contributed by atoms with van der Waals surface area (Å²) < 4.78 is 5.40. The number of H-pyrrole nitrogens is 1. The van der Waals surface area contributed by atoms with Gasteiger partial charge in [0.15, 0.2) is 0 Å². The number of ether oxygens (including phenoxy) is 1. The van der Waals surface area contributed by atoms with Crippen LogP contribution in [0.25, 0.3) is 0 Å². The minimum absolute atomic E-state index is 0.116. The lowest BCUT2D eigenvalue weighted by Gasteiger charge is -2.35. The zero-order valence-electron chi connectivity index (χ0n) is 18.1. The Labute approximate surface area is 186 Å². The lowest BCUT2D eigenvalue weighted by Crippen LogP contribution is -2.48. The van der Waals surface area contributed by atoms with Gasteiger partial charge in [-0.1, -0.05) is 12.1 Å². The van der Waals surface area contributed by atoms with Crippen LogP contribution >= 0.6 is 0 Å². The Balaban J connectivity index is 1.35. The van der Waals surface area contributed by atoms with Crippen molar-refractivity contribution in [2.45, 2.75) is 11.8 Å². The second kappa shape index (κ2) is 8.96. The molecule has 0 amide bonds. The van der Waals surface area contributed by atoms with E-state index in [2.05, 4.69) is 42.2 Å². The van der Waals surface area contributed by atoms with E-state index in [1.54, 1.807) is 25.6 Å². The van der Waals surface area contributed by atoms with Crippen LogP contribution in [0.4, 0.5) is 11.9 Å². The van der Waals surface area contributed by atoms with Crippen molar-refractivity contribution in [3.05, 3.63) is 70.4 Å². The van der Waals surface area contributed by atoms with Gasteiger partial charge in [-0.15, -0.1) is 0 Å². The Morgan fingerprint density at radius 1 is 0.969 bits per heavy atom. The van der Waals surface area contributed by atoms with Crippen molar-refractivity contribution in [3.8, 4) is 5.75 Å². The maximum atomic E-state index is 12.5. The molecule has 0 spiro atoms. The Bertz CT molecular complexity index is 1110. The van der Waals surface area contributed by atoms with E-state index in [9.17, 15) is 4.79 Å². The minimum atomic E-state index is -0.116. The third kappa shape index (κ3) is 4.16. The molecule has 0 aliphatic carbocycles. The lowest BCUT2D eigenvalue weighted by molar-refractivity contribution is 0.413. The van der Waals surface area contributed by atoms with Gasteiger partial charge in [-0.05, 0) is 23.8 Å². The van der Waals surface area contributed by atoms with Crippen LogP contribution in [0.5, 0.6) is 5.75 Å². The van der Waals surface area contributed by atoms with Crippen molar-refractivity contribution in [2.75, 3.05) is 56.2 Å². The molecular weight excluding hydrogens is 406 g/mol. The summed E-state index contributed by atoms with van der Waals surface area (Å²) in [7, 11) is 1.68. The highest BCUT2D eigenvalue weighted by Crippen LogP contribution is 2.36. The number of nitrogens with one attached hydrogen (secondary N) is 2. The standard InChI is InChI=1S/C23H27N7O2/c1-32-17-5-2-4-16(12-17)18-14-24-15-19(18)20-13-21(31)28-23(27-20)30-10-8-29(9-11-30)22-25-6-3-7-26-22/h2-7,12-13,18-19,24H,8-11,14-15H2,1H3,(H,27,28,31)/t18-,19+/m0/s1. The van der Waals surface area contributed by atoms with Crippen molar-refractivity contribution < 1.29 is 4.74 Å². The average Bonchev–Trinajstić information content (AvgIpc) is 3.35. The van der Waals surface area contributed by atoms with Gasteiger partial charge in [-0.2, -0.15) is 0 Å². The van der Waals surface area contributed by atoms with Gasteiger partial charge >= 0.3 is 0 Å². The molecule has 1 aromatic carbocycles. The molecule has 2 atom stereocenters. The van der Waals surface area contributed by atoms with Gasteiger partial charge < -0.3 is 19.9 Å². The topological polar surface area (TPSA) is 99.3 Å². The van der Waals surface area contributed by atoms with E-state index >= 15 is 0 Å². The zero-order valence-corrected chi connectivity index (χ0v) is 18.1. The molecule has 0 saturated carbocycles. The summed E-state index contributed by atoms with van der Waals surface area (Å²) in [5.41, 5.74) is 1.91. The first-order chi connectivity index (χ1) is 15.7. The normalized spacial score (nSPS) is 21.0. The highest BCUT2D eigenvalue weighted by Gasteiger charge is 2.32. The second-order valence-electron chi connectivity index (χ2n) is 8.16. The maximum Gasteiger partial charge on any atom is 0.252 e. The number of piperazine rings is 1. The van der Waals surface area contributed by atoms with Gasteiger partial charge in [-0.3, -0.25) is 9.78 Å². The molecule has 9 heteroatoms. The van der Waals surface area contributed by atoms with Crippen LogP contribution in [0, 0.1) is 0 Å². The van der Waals surface area contributed by atoms with Crippen LogP contribution < -0.4 is 25.4 Å². The molecule has 0 bridgehead atoms. The summed E-state index contributed by atoms with van der Waals surface area (Å²) >= 11 is 0. The molecule has 4 heterocycles. The second-order valence-corrected chi connectivity index (χ2v) is 8.16. The molecule has 2 fully saturated rings. The van der Waals surface area contributed by atoms with Crippen molar-refractivity contribution in [1.82, 2.24) is 25.3 Å². The maximum absolute atomic E-state index is 12.5. The summed E-state index contributed by atoms with van der Waals surface area (Å²) in [6, 6.07) is 11.6. The van der Waals surface area contributed by atoms with Crippen LogP contribution in [0.2, 0.25) is 0 Å². The Morgan fingerprint density at radius 2 is 1.72 bits per heavy atom. The first-order valence-corrected chi connectivity index (χ1v) is 10.9. The van der Waals surface area contributed by atoms with Gasteiger partial charge in [0, 0.05) is 69.6 Å². The largest absolute Gasteiger partial charge is 0.497 e. The minimum Gasteiger partial charge on any atom is -0.497 e. The van der Waals surface area contributed by atoms with Gasteiger partial charge in [0.25, 0.3) is 5.56 Å². The van der Waals surface area contributed by atoms with E-state index in [-0.39, 0.29) is 17.4 Å². The number of hydrogen-bond acceptors (Lipinski definition) is 8. The van der Waals surface area contributed by atoms with Crippen LogP contribution in [0.3, 0.4) is 0 Å². The molecule has 3 aromatic rings. The summed E-state index contributed by atoms with van der Waals surface area (Å²) in [5, 5.41) is 3.47. The van der Waals surface area contributed by atoms with Crippen LogP contribution in [0.1, 0.15) is 23.1 Å². The smallest absolute Gasteiger partial charge is 0.252 e. The van der Waals surface area contributed by atoms with E-state index in [0.29, 0.717) is 5.95 Å². The van der Waals surface area contributed by atoms with E-state index < -0.39 is 0 Å². The average molecular weight is 434 g/mol.